The molecule has 4 heterocycles. The molecule has 35 nitrogen and oxygen atoms in total. The molecule has 0 radical (unpaired) electrons. The van der Waals surface area contributed by atoms with Crippen molar-refractivity contribution in [3.05, 3.63) is 114 Å². The van der Waals surface area contributed by atoms with Gasteiger partial charge < -0.3 is 105 Å². The maximum atomic E-state index is 15.3. The highest BCUT2D eigenvalue weighted by molar-refractivity contribution is 6.01. The number of hydrogen-bond acceptors (Lipinski definition) is 22. The molecule has 3 aliphatic heterocycles. The number of carbonyl (C=O) groups is 12. The monoisotopic (exact) mass is 1470 g/mol. The number of nitrogens with one attached hydrogen (secondary N) is 9. The summed E-state index contributed by atoms with van der Waals surface area (Å²) < 4.78 is 12.3. The van der Waals surface area contributed by atoms with Crippen LogP contribution in [0.4, 0.5) is 0 Å². The van der Waals surface area contributed by atoms with Crippen LogP contribution in [0.3, 0.4) is 0 Å². The van der Waals surface area contributed by atoms with Crippen LogP contribution in [0.2, 0.25) is 0 Å². The topological polar surface area (TPSA) is 545 Å². The second kappa shape index (κ2) is 39.7. The van der Waals surface area contributed by atoms with Crippen molar-refractivity contribution in [3.63, 3.8) is 0 Å². The smallest absolute Gasteiger partial charge is 0.246 e. The molecule has 0 spiro atoms. The maximum Gasteiger partial charge on any atom is 0.246 e. The number of nitrogens with two attached hydrogens (primary N) is 3. The first kappa shape index (κ1) is 82.2. The van der Waals surface area contributed by atoms with Crippen molar-refractivity contribution in [3.8, 4) is 5.75 Å². The largest absolute Gasteiger partial charge is 0.508 e. The first-order valence-corrected chi connectivity index (χ1v) is 35.0. The van der Waals surface area contributed by atoms with Crippen LogP contribution in [0, 0.1) is 11.8 Å². The molecule has 4 aromatic rings. The van der Waals surface area contributed by atoms with E-state index in [1.807, 2.05) is 0 Å². The van der Waals surface area contributed by atoms with E-state index in [2.05, 4.69) is 58.2 Å². The van der Waals surface area contributed by atoms with Crippen LogP contribution in [0.15, 0.2) is 91.1 Å². The van der Waals surface area contributed by atoms with Crippen LogP contribution in [-0.4, -0.2) is 234 Å². The number of rotatable bonds is 24. The average molecular weight is 1470 g/mol. The van der Waals surface area contributed by atoms with E-state index in [-0.39, 0.29) is 95.0 Å². The van der Waals surface area contributed by atoms with Crippen molar-refractivity contribution in [1.82, 2.24) is 67.7 Å². The van der Waals surface area contributed by atoms with Crippen molar-refractivity contribution < 1.29 is 92.5 Å². The number of hydrogen-bond donors (Lipinski definition) is 17. The van der Waals surface area contributed by atoms with Gasteiger partial charge in [0.1, 0.15) is 90.6 Å². The van der Waals surface area contributed by atoms with Gasteiger partial charge in [-0.05, 0) is 85.7 Å². The van der Waals surface area contributed by atoms with Gasteiger partial charge in [-0.25, -0.2) is 4.68 Å². The Morgan fingerprint density at radius 3 is 1.65 bits per heavy atom. The van der Waals surface area contributed by atoms with Crippen LogP contribution >= 0.6 is 0 Å². The third-order valence-corrected chi connectivity index (χ3v) is 18.0. The van der Waals surface area contributed by atoms with Gasteiger partial charge in [0, 0.05) is 44.8 Å². The van der Waals surface area contributed by atoms with E-state index in [4.69, 9.17) is 26.7 Å². The molecule has 572 valence electrons. The molecule has 0 aliphatic carbocycles. The van der Waals surface area contributed by atoms with Gasteiger partial charge in [0.25, 0.3) is 0 Å². The Balaban J connectivity index is 1.31. The quantitative estimate of drug-likeness (QED) is 0.0312. The Labute approximate surface area is 605 Å². The van der Waals surface area contributed by atoms with E-state index in [1.54, 1.807) is 88.4 Å². The van der Waals surface area contributed by atoms with Gasteiger partial charge in [0.05, 0.1) is 31.9 Å². The molecule has 3 aliphatic rings. The summed E-state index contributed by atoms with van der Waals surface area (Å²) in [5.41, 5.74) is 18.6. The number of aliphatic hydroxyl groups is 4. The van der Waals surface area contributed by atoms with Gasteiger partial charge in [-0.3, -0.25) is 57.5 Å². The lowest BCUT2D eigenvalue weighted by atomic mass is 9.99. The lowest BCUT2D eigenvalue weighted by Gasteiger charge is -2.39. The predicted molar refractivity (Wildman–Crippen MR) is 372 cm³/mol. The minimum atomic E-state index is -1.99. The van der Waals surface area contributed by atoms with E-state index in [1.165, 1.54) is 40.0 Å². The Kier molecular flexibility index (Phi) is 31.1. The second-order valence-electron chi connectivity index (χ2n) is 27.1. The van der Waals surface area contributed by atoms with E-state index in [0.29, 0.717) is 16.7 Å². The molecule has 1 aromatic heterocycles. The van der Waals surface area contributed by atoms with Crippen molar-refractivity contribution in [2.45, 2.75) is 202 Å². The van der Waals surface area contributed by atoms with Gasteiger partial charge in [0.15, 0.2) is 6.29 Å². The summed E-state index contributed by atoms with van der Waals surface area (Å²) in [5.74, 6) is -12.8. The number of aromatic hydroxyl groups is 1. The minimum Gasteiger partial charge on any atom is -0.508 e. The number of fused-ring (bicyclic) bond motifs is 1. The molecule has 15 atom stereocenters. The summed E-state index contributed by atoms with van der Waals surface area (Å²) in [6, 6.07) is 6.94. The van der Waals surface area contributed by atoms with Crippen LogP contribution in [0.5, 0.6) is 5.75 Å². The summed E-state index contributed by atoms with van der Waals surface area (Å²) in [4.78, 5) is 176. The van der Waals surface area contributed by atoms with Crippen LogP contribution < -0.4 is 65.1 Å². The SMILES string of the molecule is CC(C)C[C@@H]1NC(=O)[C@H](CCCN)NC(=O)[C@H](C(C)C)NC(=O)[C@H](Cc2ccc(O)cc2)NC(=O)[C@H](CCC(N)=O)NC(=O)[C@H](CC(N)=O)NC(=O)[C@@H](Cc2cn(CCO[C@H]3O[C@H](CO)[C@@H](O)[C@H](O)[C@@H]3O)nn2)NC(=O)[C@H](Cc2ccccc2)NC(=O)[C@@H]2CCCN2C(=O)[C@@H](Cc2ccccc2)NC1=O. The standard InChI is InChI=1S/C70H98N16O19/c1-37(2)29-46-62(96)81-51(32-40-15-9-6-10-16-40)69(103)86-26-12-18-52(86)67(101)80-47(30-39-13-7-5-8-14-39)63(97)78-49(33-42-35-85(84-83-42)27-28-104-70-59(93)58(92)57(91)53(36-87)105-70)64(98)79-50(34-55(73)90)65(99)74-45(23-24-54(72)89)61(95)77-48(31-41-19-21-43(88)22-20-41)66(100)82-56(38(3)4)68(102)75-44(17-11-25-71)60(94)76-46/h5-10,13-16,19-22,35,37-38,44-53,56-59,70,87-88,91-93H,11-12,17-18,23-34,36,71H2,1-4H3,(H2,72,89)(H2,73,90)(H,74,99)(H,75,102)(H,76,94)(H,77,95)(H,78,97)(H,79,98)(H,80,101)(H,81,96)(H,82,100)/t44-,45-,46-,47-,48-,49+,50-,51+,52-,53+,56-,57+,58-,59-,70-/m0/s1. The summed E-state index contributed by atoms with van der Waals surface area (Å²) in [6.45, 7) is 5.69. The van der Waals surface area contributed by atoms with Crippen LogP contribution in [0.1, 0.15) is 101 Å². The number of nitrogens with zero attached hydrogens (tertiary/aromatic N) is 4. The van der Waals surface area contributed by atoms with Crippen molar-refractivity contribution >= 4 is 70.9 Å². The normalized spacial score (nSPS) is 26.9. The fraction of sp³-hybridized carbons (Fsp3) is 0.543. The lowest BCUT2D eigenvalue weighted by Crippen LogP contribution is -2.62. The Bertz CT molecular complexity index is 3630. The number of ether oxygens (including phenoxy) is 2. The van der Waals surface area contributed by atoms with E-state index in [9.17, 15) is 63.9 Å². The zero-order chi connectivity index (χ0) is 76.6. The number of aromatic nitrogens is 3. The third-order valence-electron chi connectivity index (χ3n) is 18.0. The first-order chi connectivity index (χ1) is 50.0. The molecule has 0 bridgehead atoms. The van der Waals surface area contributed by atoms with Crippen molar-refractivity contribution in [1.29, 1.82) is 0 Å². The summed E-state index contributed by atoms with van der Waals surface area (Å²) in [5, 5.41) is 83.1. The van der Waals surface area contributed by atoms with Gasteiger partial charge in [-0.15, -0.1) is 5.10 Å². The fourth-order valence-electron chi connectivity index (χ4n) is 12.3. The minimum absolute atomic E-state index is 0.0125. The zero-order valence-corrected chi connectivity index (χ0v) is 59.0. The fourth-order valence-corrected chi connectivity index (χ4v) is 12.3. The summed E-state index contributed by atoms with van der Waals surface area (Å²) >= 11 is 0. The number of amides is 12. The van der Waals surface area contributed by atoms with Gasteiger partial charge in [-0.1, -0.05) is 106 Å². The van der Waals surface area contributed by atoms with Gasteiger partial charge >= 0.3 is 0 Å². The van der Waals surface area contributed by atoms with Crippen molar-refractivity contribution in [2.24, 2.45) is 29.0 Å². The highest BCUT2D eigenvalue weighted by Gasteiger charge is 2.45. The number of benzene rings is 3. The number of phenolic OH excluding ortho intramolecular Hbond substituents is 1. The van der Waals surface area contributed by atoms with Gasteiger partial charge in [-0.2, -0.15) is 0 Å². The summed E-state index contributed by atoms with van der Waals surface area (Å²) in [7, 11) is 0. The molecule has 7 rings (SSSR count). The van der Waals surface area contributed by atoms with Crippen LogP contribution in [0.25, 0.3) is 0 Å². The highest BCUT2D eigenvalue weighted by atomic mass is 16.7. The average Bonchev–Trinajstić information content (AvgIpc) is 1.59. The van der Waals surface area contributed by atoms with E-state index in [0.717, 1.165) is 0 Å². The Morgan fingerprint density at radius 2 is 1.08 bits per heavy atom. The Morgan fingerprint density at radius 1 is 0.581 bits per heavy atom. The highest BCUT2D eigenvalue weighted by Crippen LogP contribution is 2.24. The number of carbonyl (C=O) groups excluding carboxylic acids is 12. The number of phenols is 1. The van der Waals surface area contributed by atoms with Crippen molar-refractivity contribution in [2.75, 3.05) is 26.3 Å². The number of primary amides is 2. The van der Waals surface area contributed by atoms with Crippen LogP contribution in [-0.2, 0) is 99.2 Å². The third kappa shape index (κ3) is 24.5. The van der Waals surface area contributed by atoms with E-state index >= 15 is 19.2 Å². The number of aliphatic hydroxyl groups excluding tert-OH is 4. The van der Waals surface area contributed by atoms with E-state index < -0.39 is 200 Å². The first-order valence-electron chi connectivity index (χ1n) is 35.0. The molecular formula is C70H98N16O19. The molecule has 105 heavy (non-hydrogen) atoms. The molecule has 3 fully saturated rings. The molecule has 35 heteroatoms. The molecule has 3 aromatic carbocycles. The maximum absolute atomic E-state index is 15.3. The molecule has 0 unspecified atom stereocenters. The second-order valence-corrected chi connectivity index (χ2v) is 27.1. The zero-order valence-electron chi connectivity index (χ0n) is 59.0. The lowest BCUT2D eigenvalue weighted by molar-refractivity contribution is -0.301. The summed E-state index contributed by atoms with van der Waals surface area (Å²) in [6.07, 6.45) is -9.44. The Hall–Kier alpha value is -10.0. The molecule has 3 saturated heterocycles. The predicted octanol–water partition coefficient (Wildman–Crippen LogP) is -4.98. The molecule has 0 saturated carbocycles. The molecule has 12 amide bonds. The van der Waals surface area contributed by atoms with Gasteiger partial charge in [0.2, 0.25) is 70.9 Å². The molecular weight excluding hydrogens is 1370 g/mol. The molecule has 20 N–H and O–H groups in total.